The molecule has 0 aliphatic carbocycles. The van der Waals surface area contributed by atoms with Crippen molar-refractivity contribution < 1.29 is 0 Å². The van der Waals surface area contributed by atoms with Gasteiger partial charge in [0, 0.05) is 15.5 Å². The van der Waals surface area contributed by atoms with Crippen LogP contribution < -0.4 is 5.32 Å². The van der Waals surface area contributed by atoms with E-state index in [0.717, 1.165) is 22.5 Å². The Balaban J connectivity index is 2.86. The maximum absolute atomic E-state index is 6.32. The Morgan fingerprint density at radius 2 is 2.00 bits per heavy atom. The highest BCUT2D eigenvalue weighted by Crippen LogP contribution is 2.32. The topological polar surface area (TPSA) is 12.0 Å². The summed E-state index contributed by atoms with van der Waals surface area (Å²) < 4.78 is 1.08. The van der Waals surface area contributed by atoms with E-state index < -0.39 is 0 Å². The van der Waals surface area contributed by atoms with E-state index >= 15 is 0 Å². The molecule has 1 atom stereocenters. The lowest BCUT2D eigenvalue weighted by Crippen LogP contribution is -2.23. The highest BCUT2D eigenvalue weighted by molar-refractivity contribution is 9.10. The van der Waals surface area contributed by atoms with Crippen LogP contribution in [0.3, 0.4) is 0 Å². The fraction of sp³-hybridized carbons (Fsp3) is 0.600. The van der Waals surface area contributed by atoms with E-state index in [0.29, 0.717) is 11.5 Å². The van der Waals surface area contributed by atoms with E-state index in [9.17, 15) is 0 Å². The van der Waals surface area contributed by atoms with Crippen LogP contribution in [0.4, 0.5) is 0 Å². The van der Waals surface area contributed by atoms with Crippen LogP contribution in [-0.4, -0.2) is 6.54 Å². The molecule has 0 heterocycles. The van der Waals surface area contributed by atoms with Crippen molar-refractivity contribution in [3.63, 3.8) is 0 Å². The number of hydrogen-bond acceptors (Lipinski definition) is 1. The van der Waals surface area contributed by atoms with E-state index in [1.54, 1.807) is 0 Å². The quantitative estimate of drug-likeness (QED) is 0.742. The molecule has 0 bridgehead atoms. The number of nitrogens with one attached hydrogen (secondary N) is 1. The monoisotopic (exact) mass is 331 g/mol. The molecule has 0 aromatic heterocycles. The molecule has 0 radical (unpaired) electrons. The molecule has 0 fully saturated rings. The predicted octanol–water partition coefficient (Wildman–Crippen LogP) is 5.58. The molecule has 0 aliphatic heterocycles. The lowest BCUT2D eigenvalue weighted by Gasteiger charge is -2.25. The zero-order chi connectivity index (χ0) is 13.8. The normalized spacial score (nSPS) is 13.7. The van der Waals surface area contributed by atoms with Crippen molar-refractivity contribution in [2.75, 3.05) is 6.54 Å². The van der Waals surface area contributed by atoms with Gasteiger partial charge in [-0.1, -0.05) is 55.2 Å². The fourth-order valence-corrected chi connectivity index (χ4v) is 2.60. The lowest BCUT2D eigenvalue weighted by atomic mass is 9.87. The van der Waals surface area contributed by atoms with Gasteiger partial charge in [-0.3, -0.25) is 0 Å². The Bertz CT molecular complexity index is 385. The number of benzene rings is 1. The van der Waals surface area contributed by atoms with Gasteiger partial charge in [0.25, 0.3) is 0 Å². The van der Waals surface area contributed by atoms with Crippen molar-refractivity contribution in [3.8, 4) is 0 Å². The molecule has 102 valence electrons. The Morgan fingerprint density at radius 1 is 1.33 bits per heavy atom. The summed E-state index contributed by atoms with van der Waals surface area (Å²) in [5, 5.41) is 4.38. The molecule has 1 aromatic carbocycles. The van der Waals surface area contributed by atoms with Crippen molar-refractivity contribution in [1.29, 1.82) is 0 Å². The molecule has 1 aromatic rings. The van der Waals surface area contributed by atoms with Gasteiger partial charge >= 0.3 is 0 Å². The summed E-state index contributed by atoms with van der Waals surface area (Å²) in [7, 11) is 0. The van der Waals surface area contributed by atoms with Gasteiger partial charge in [0.05, 0.1) is 0 Å². The molecular formula is C15H23BrClN. The molecule has 0 aliphatic rings. The van der Waals surface area contributed by atoms with Crippen LogP contribution in [0.1, 0.15) is 52.1 Å². The molecular weight excluding hydrogens is 310 g/mol. The van der Waals surface area contributed by atoms with Gasteiger partial charge < -0.3 is 5.32 Å². The molecule has 1 N–H and O–H groups in total. The Hall–Kier alpha value is -0.0500. The van der Waals surface area contributed by atoms with E-state index in [1.165, 1.54) is 12.0 Å². The zero-order valence-corrected chi connectivity index (χ0v) is 14.0. The van der Waals surface area contributed by atoms with Crippen LogP contribution >= 0.6 is 27.5 Å². The average molecular weight is 333 g/mol. The second-order valence-corrected chi connectivity index (χ2v) is 7.20. The maximum Gasteiger partial charge on any atom is 0.0454 e. The number of rotatable bonds is 5. The highest BCUT2D eigenvalue weighted by Gasteiger charge is 2.18. The summed E-state index contributed by atoms with van der Waals surface area (Å²) in [4.78, 5) is 0. The molecule has 0 saturated carbocycles. The van der Waals surface area contributed by atoms with Crippen molar-refractivity contribution in [1.82, 2.24) is 5.32 Å². The fourth-order valence-electron chi connectivity index (χ4n) is 1.97. The summed E-state index contributed by atoms with van der Waals surface area (Å²) in [5.74, 6) is 0. The first-order valence-electron chi connectivity index (χ1n) is 6.52. The van der Waals surface area contributed by atoms with Crippen LogP contribution in [0.2, 0.25) is 5.02 Å². The van der Waals surface area contributed by atoms with Crippen molar-refractivity contribution in [3.05, 3.63) is 33.3 Å². The smallest absolute Gasteiger partial charge is 0.0454 e. The van der Waals surface area contributed by atoms with Gasteiger partial charge in [-0.25, -0.2) is 0 Å². The minimum atomic E-state index is 0.333. The molecule has 1 nitrogen and oxygen atoms in total. The maximum atomic E-state index is 6.32. The second kappa shape index (κ2) is 6.93. The molecule has 0 spiro atoms. The van der Waals surface area contributed by atoms with Gasteiger partial charge in [0.1, 0.15) is 0 Å². The lowest BCUT2D eigenvalue weighted by molar-refractivity contribution is 0.334. The summed E-state index contributed by atoms with van der Waals surface area (Å²) in [6, 6.07) is 6.40. The summed E-state index contributed by atoms with van der Waals surface area (Å²) >= 11 is 9.84. The second-order valence-electron chi connectivity index (χ2n) is 5.88. The summed E-state index contributed by atoms with van der Waals surface area (Å²) in [6.45, 7) is 9.92. The minimum absolute atomic E-state index is 0.333. The minimum Gasteiger partial charge on any atom is -0.310 e. The van der Waals surface area contributed by atoms with E-state index in [4.69, 9.17) is 11.6 Å². The first-order valence-corrected chi connectivity index (χ1v) is 7.69. The Kier molecular flexibility index (Phi) is 6.16. The van der Waals surface area contributed by atoms with Crippen molar-refractivity contribution in [2.45, 2.75) is 46.6 Å². The third-order valence-electron chi connectivity index (χ3n) is 2.97. The van der Waals surface area contributed by atoms with Crippen molar-refractivity contribution in [2.24, 2.45) is 5.41 Å². The third kappa shape index (κ3) is 5.29. The van der Waals surface area contributed by atoms with E-state index in [2.05, 4.69) is 55.0 Å². The Labute approximate surface area is 124 Å². The SMILES string of the molecule is CCNC(CCC(C)(C)C)c1cc(Br)ccc1Cl. The van der Waals surface area contributed by atoms with E-state index in [1.807, 2.05) is 12.1 Å². The molecule has 3 heteroatoms. The molecule has 0 saturated heterocycles. The number of halogens is 2. The van der Waals surface area contributed by atoms with Crippen LogP contribution in [0.5, 0.6) is 0 Å². The van der Waals surface area contributed by atoms with Gasteiger partial charge in [0.15, 0.2) is 0 Å². The largest absolute Gasteiger partial charge is 0.310 e. The van der Waals surface area contributed by atoms with Gasteiger partial charge in [0.2, 0.25) is 0 Å². The van der Waals surface area contributed by atoms with Crippen LogP contribution in [0, 0.1) is 5.41 Å². The standard InChI is InChI=1S/C15H23BrClN/c1-5-18-14(8-9-15(2,3)4)12-10-11(16)6-7-13(12)17/h6-7,10,14,18H,5,8-9H2,1-4H3. The average Bonchev–Trinajstić information content (AvgIpc) is 2.26. The molecule has 1 unspecified atom stereocenters. The first kappa shape index (κ1) is 16.0. The summed E-state index contributed by atoms with van der Waals surface area (Å²) in [5.41, 5.74) is 1.55. The van der Waals surface area contributed by atoms with Crippen LogP contribution in [-0.2, 0) is 0 Å². The number of hydrogen-bond donors (Lipinski definition) is 1. The van der Waals surface area contributed by atoms with Gasteiger partial charge in [-0.2, -0.15) is 0 Å². The van der Waals surface area contributed by atoms with Crippen molar-refractivity contribution >= 4 is 27.5 Å². The third-order valence-corrected chi connectivity index (χ3v) is 3.80. The van der Waals surface area contributed by atoms with Crippen LogP contribution in [0.25, 0.3) is 0 Å². The molecule has 0 amide bonds. The molecule has 1 rings (SSSR count). The summed E-state index contributed by atoms with van der Waals surface area (Å²) in [6.07, 6.45) is 2.28. The predicted molar refractivity (Wildman–Crippen MR) is 84.3 cm³/mol. The zero-order valence-electron chi connectivity index (χ0n) is 11.7. The van der Waals surface area contributed by atoms with Gasteiger partial charge in [-0.05, 0) is 48.6 Å². The Morgan fingerprint density at radius 3 is 2.56 bits per heavy atom. The highest BCUT2D eigenvalue weighted by atomic mass is 79.9. The van der Waals surface area contributed by atoms with E-state index in [-0.39, 0.29) is 0 Å². The molecule has 18 heavy (non-hydrogen) atoms. The van der Waals surface area contributed by atoms with Gasteiger partial charge in [-0.15, -0.1) is 0 Å². The van der Waals surface area contributed by atoms with Crippen LogP contribution in [0.15, 0.2) is 22.7 Å². The first-order chi connectivity index (χ1) is 8.33.